The number of carbonyl (C=O) groups excluding carboxylic acids is 1. The van der Waals surface area contributed by atoms with Crippen LogP contribution in [-0.4, -0.2) is 37.4 Å². The van der Waals surface area contributed by atoms with Crippen molar-refractivity contribution in [1.29, 1.82) is 0 Å². The van der Waals surface area contributed by atoms with Crippen LogP contribution in [0.1, 0.15) is 42.6 Å². The summed E-state index contributed by atoms with van der Waals surface area (Å²) in [6, 6.07) is 5.89. The molecule has 1 fully saturated rings. The number of hydrogen-bond acceptors (Lipinski definition) is 5. The van der Waals surface area contributed by atoms with E-state index in [1.54, 1.807) is 35.0 Å². The third-order valence-electron chi connectivity index (χ3n) is 4.71. The van der Waals surface area contributed by atoms with Crippen molar-refractivity contribution >= 4 is 11.7 Å². The summed E-state index contributed by atoms with van der Waals surface area (Å²) in [5, 5.41) is 10.9. The lowest BCUT2D eigenvalue weighted by Crippen LogP contribution is -2.41. The van der Waals surface area contributed by atoms with Gasteiger partial charge in [0, 0.05) is 12.7 Å². The number of anilines is 1. The molecule has 2 amide bonds. The van der Waals surface area contributed by atoms with Crippen molar-refractivity contribution < 1.29 is 13.7 Å². The molecule has 0 unspecified atom stereocenters. The molecular formula is C19H21FN6O2. The van der Waals surface area contributed by atoms with E-state index in [-0.39, 0.29) is 17.9 Å². The number of amides is 2. The monoisotopic (exact) mass is 384 g/mol. The van der Waals surface area contributed by atoms with Gasteiger partial charge in [0.1, 0.15) is 11.9 Å². The topological polar surface area (TPSA) is 89.1 Å². The zero-order valence-electron chi connectivity index (χ0n) is 15.5. The minimum atomic E-state index is -0.286. The Morgan fingerprint density at radius 2 is 2.29 bits per heavy atom. The Hall–Kier alpha value is -3.23. The summed E-state index contributed by atoms with van der Waals surface area (Å²) in [7, 11) is 0. The molecule has 1 aliphatic rings. The van der Waals surface area contributed by atoms with Gasteiger partial charge in [-0.25, -0.2) is 9.18 Å². The lowest BCUT2D eigenvalue weighted by atomic mass is 10.0. The second-order valence-electron chi connectivity index (χ2n) is 6.87. The summed E-state index contributed by atoms with van der Waals surface area (Å²) in [6.07, 6.45) is 6.01. The van der Waals surface area contributed by atoms with Crippen LogP contribution in [0.15, 0.2) is 41.2 Å². The van der Waals surface area contributed by atoms with Crippen molar-refractivity contribution in [2.45, 2.75) is 38.8 Å². The van der Waals surface area contributed by atoms with Crippen molar-refractivity contribution in [3.8, 4) is 0 Å². The number of aryl methyl sites for hydroxylation is 1. The number of nitrogens with one attached hydrogen (secondary N) is 1. The summed E-state index contributed by atoms with van der Waals surface area (Å²) >= 11 is 0. The first-order valence-electron chi connectivity index (χ1n) is 9.23. The third kappa shape index (κ3) is 4.03. The van der Waals surface area contributed by atoms with E-state index < -0.39 is 0 Å². The maximum Gasteiger partial charge on any atom is 0.322 e. The Morgan fingerprint density at radius 3 is 3.07 bits per heavy atom. The lowest BCUT2D eigenvalue weighted by Gasteiger charge is -2.33. The van der Waals surface area contributed by atoms with Gasteiger partial charge in [0.05, 0.1) is 18.4 Å². The van der Waals surface area contributed by atoms with Crippen LogP contribution < -0.4 is 5.32 Å². The summed E-state index contributed by atoms with van der Waals surface area (Å²) in [5.41, 5.74) is 1.37. The molecule has 28 heavy (non-hydrogen) atoms. The zero-order valence-corrected chi connectivity index (χ0v) is 15.5. The molecule has 9 heteroatoms. The molecule has 0 spiro atoms. The normalized spacial score (nSPS) is 16.9. The van der Waals surface area contributed by atoms with Gasteiger partial charge in [0.25, 0.3) is 0 Å². The van der Waals surface area contributed by atoms with E-state index in [2.05, 4.69) is 20.6 Å². The fourth-order valence-electron chi connectivity index (χ4n) is 3.41. The van der Waals surface area contributed by atoms with Crippen molar-refractivity contribution in [1.82, 2.24) is 24.8 Å². The largest absolute Gasteiger partial charge is 0.337 e. The van der Waals surface area contributed by atoms with Gasteiger partial charge in [0.15, 0.2) is 5.82 Å². The third-order valence-corrected chi connectivity index (χ3v) is 4.71. The Balaban J connectivity index is 1.43. The first kappa shape index (κ1) is 18.1. The number of urea groups is 1. The van der Waals surface area contributed by atoms with E-state index in [4.69, 9.17) is 4.52 Å². The minimum Gasteiger partial charge on any atom is -0.337 e. The Labute approximate surface area is 161 Å². The second kappa shape index (κ2) is 7.79. The predicted octanol–water partition coefficient (Wildman–Crippen LogP) is 3.52. The van der Waals surface area contributed by atoms with E-state index in [0.29, 0.717) is 30.5 Å². The zero-order chi connectivity index (χ0) is 19.5. The number of aromatic nitrogens is 4. The number of nitrogens with zero attached hydrogens (tertiary/aromatic N) is 5. The SMILES string of the molecule is Cc1noc([C@@H]2CCCCN2C(=O)Nc2cnn(Cc3cccc(F)c3)c2)n1. The standard InChI is InChI=1S/C19H21FN6O2/c1-13-22-18(28-24-13)17-7-2-3-8-26(17)19(27)23-16-10-21-25(12-16)11-14-5-4-6-15(20)9-14/h4-6,9-10,12,17H,2-3,7-8,11H2,1H3,(H,23,27)/t17-/m0/s1. The predicted molar refractivity (Wildman–Crippen MR) is 99.1 cm³/mol. The van der Waals surface area contributed by atoms with Gasteiger partial charge in [-0.3, -0.25) is 4.68 Å². The molecule has 1 N–H and O–H groups in total. The molecule has 1 aromatic carbocycles. The number of likely N-dealkylation sites (tertiary alicyclic amines) is 1. The number of rotatable bonds is 4. The van der Waals surface area contributed by atoms with E-state index in [1.165, 1.54) is 12.1 Å². The van der Waals surface area contributed by atoms with Crippen LogP contribution in [0.5, 0.6) is 0 Å². The lowest BCUT2D eigenvalue weighted by molar-refractivity contribution is 0.142. The Kier molecular flexibility index (Phi) is 5.05. The molecule has 1 saturated heterocycles. The highest BCUT2D eigenvalue weighted by Gasteiger charge is 2.32. The summed E-state index contributed by atoms with van der Waals surface area (Å²) in [6.45, 7) is 2.80. The van der Waals surface area contributed by atoms with Crippen LogP contribution in [0.4, 0.5) is 14.9 Å². The fraction of sp³-hybridized carbons (Fsp3) is 0.368. The molecule has 2 aromatic heterocycles. The molecule has 1 aliphatic heterocycles. The highest BCUT2D eigenvalue weighted by atomic mass is 19.1. The van der Waals surface area contributed by atoms with Gasteiger partial charge in [-0.2, -0.15) is 10.1 Å². The van der Waals surface area contributed by atoms with Crippen LogP contribution in [0.2, 0.25) is 0 Å². The van der Waals surface area contributed by atoms with E-state index in [1.807, 2.05) is 6.07 Å². The second-order valence-corrected chi connectivity index (χ2v) is 6.87. The van der Waals surface area contributed by atoms with Crippen molar-refractivity contribution in [2.75, 3.05) is 11.9 Å². The van der Waals surface area contributed by atoms with Crippen LogP contribution in [-0.2, 0) is 6.54 Å². The van der Waals surface area contributed by atoms with Gasteiger partial charge in [0.2, 0.25) is 5.89 Å². The molecule has 0 saturated carbocycles. The first-order chi connectivity index (χ1) is 13.6. The Morgan fingerprint density at radius 1 is 1.39 bits per heavy atom. The van der Waals surface area contributed by atoms with Crippen LogP contribution in [0, 0.1) is 12.7 Å². The maximum absolute atomic E-state index is 13.3. The number of halogens is 1. The van der Waals surface area contributed by atoms with Gasteiger partial charge < -0.3 is 14.7 Å². The molecule has 4 rings (SSSR count). The molecule has 0 bridgehead atoms. The molecule has 1 atom stereocenters. The van der Waals surface area contributed by atoms with Crippen molar-refractivity contribution in [3.05, 3.63) is 59.8 Å². The highest BCUT2D eigenvalue weighted by molar-refractivity contribution is 5.89. The molecule has 0 radical (unpaired) electrons. The van der Waals surface area contributed by atoms with Crippen LogP contribution in [0.25, 0.3) is 0 Å². The number of carbonyl (C=O) groups is 1. The number of piperidine rings is 1. The first-order valence-corrected chi connectivity index (χ1v) is 9.23. The molecular weight excluding hydrogens is 363 g/mol. The average molecular weight is 384 g/mol. The highest BCUT2D eigenvalue weighted by Crippen LogP contribution is 2.30. The Bertz CT molecular complexity index is 969. The average Bonchev–Trinajstić information content (AvgIpc) is 3.30. The van der Waals surface area contributed by atoms with Gasteiger partial charge in [-0.05, 0) is 43.9 Å². The van der Waals surface area contributed by atoms with Crippen LogP contribution >= 0.6 is 0 Å². The minimum absolute atomic E-state index is 0.225. The molecule has 8 nitrogen and oxygen atoms in total. The summed E-state index contributed by atoms with van der Waals surface area (Å²) in [4.78, 5) is 18.8. The quantitative estimate of drug-likeness (QED) is 0.743. The fourth-order valence-corrected chi connectivity index (χ4v) is 3.41. The number of hydrogen-bond donors (Lipinski definition) is 1. The molecule has 3 heterocycles. The smallest absolute Gasteiger partial charge is 0.322 e. The maximum atomic E-state index is 13.3. The van der Waals surface area contributed by atoms with Crippen molar-refractivity contribution in [3.63, 3.8) is 0 Å². The number of benzene rings is 1. The van der Waals surface area contributed by atoms with Crippen LogP contribution in [0.3, 0.4) is 0 Å². The van der Waals surface area contributed by atoms with E-state index in [0.717, 1.165) is 24.8 Å². The van der Waals surface area contributed by atoms with Gasteiger partial charge >= 0.3 is 6.03 Å². The molecule has 146 valence electrons. The van der Waals surface area contributed by atoms with Gasteiger partial charge in [-0.15, -0.1) is 0 Å². The molecule has 3 aromatic rings. The summed E-state index contributed by atoms with van der Waals surface area (Å²) in [5.74, 6) is 0.735. The summed E-state index contributed by atoms with van der Waals surface area (Å²) < 4.78 is 20.3. The van der Waals surface area contributed by atoms with E-state index in [9.17, 15) is 9.18 Å². The molecule has 0 aliphatic carbocycles. The van der Waals surface area contributed by atoms with Gasteiger partial charge in [-0.1, -0.05) is 17.3 Å². The van der Waals surface area contributed by atoms with Crippen molar-refractivity contribution in [2.24, 2.45) is 0 Å². The van der Waals surface area contributed by atoms with E-state index >= 15 is 0 Å².